The SMILES string of the molecule is CNC1CCCN(C(=O)C(c2ccccc2)N2CCCCC2=O)C1. The molecule has 0 bridgehead atoms. The largest absolute Gasteiger partial charge is 0.339 e. The second-order valence-corrected chi connectivity index (χ2v) is 6.77. The Morgan fingerprint density at radius 1 is 1.17 bits per heavy atom. The maximum atomic E-state index is 13.3. The van der Waals surface area contributed by atoms with E-state index in [0.717, 1.165) is 44.3 Å². The van der Waals surface area contributed by atoms with Gasteiger partial charge in [-0.1, -0.05) is 30.3 Å². The van der Waals surface area contributed by atoms with Crippen LogP contribution in [0, 0.1) is 0 Å². The molecule has 0 spiro atoms. The van der Waals surface area contributed by atoms with Crippen molar-refractivity contribution in [2.45, 2.75) is 44.2 Å². The Kier molecular flexibility index (Phi) is 5.51. The first-order valence-corrected chi connectivity index (χ1v) is 9.01. The molecule has 2 saturated heterocycles. The van der Waals surface area contributed by atoms with Crippen molar-refractivity contribution in [1.82, 2.24) is 15.1 Å². The second kappa shape index (κ2) is 7.79. The summed E-state index contributed by atoms with van der Waals surface area (Å²) in [6.07, 6.45) is 4.56. The quantitative estimate of drug-likeness (QED) is 0.919. The predicted octanol–water partition coefficient (Wildman–Crippen LogP) is 1.95. The van der Waals surface area contributed by atoms with Crippen LogP contribution in [0.25, 0.3) is 0 Å². The van der Waals surface area contributed by atoms with Crippen LogP contribution in [0.2, 0.25) is 0 Å². The van der Waals surface area contributed by atoms with E-state index in [-0.39, 0.29) is 11.8 Å². The number of amides is 2. The molecule has 1 aromatic rings. The molecule has 2 atom stereocenters. The highest BCUT2D eigenvalue weighted by molar-refractivity contribution is 5.89. The van der Waals surface area contributed by atoms with Crippen molar-refractivity contribution in [3.05, 3.63) is 35.9 Å². The Balaban J connectivity index is 1.86. The van der Waals surface area contributed by atoms with Gasteiger partial charge in [0.2, 0.25) is 11.8 Å². The van der Waals surface area contributed by atoms with Crippen molar-refractivity contribution in [3.8, 4) is 0 Å². The minimum atomic E-state index is -0.477. The van der Waals surface area contributed by atoms with Crippen LogP contribution in [-0.2, 0) is 9.59 Å². The molecule has 24 heavy (non-hydrogen) atoms. The number of carbonyl (C=O) groups excluding carboxylic acids is 2. The van der Waals surface area contributed by atoms with E-state index < -0.39 is 6.04 Å². The van der Waals surface area contributed by atoms with Crippen LogP contribution in [0.15, 0.2) is 30.3 Å². The van der Waals surface area contributed by atoms with E-state index in [0.29, 0.717) is 19.0 Å². The van der Waals surface area contributed by atoms with Gasteiger partial charge in [-0.3, -0.25) is 9.59 Å². The van der Waals surface area contributed by atoms with Crippen molar-refractivity contribution in [2.75, 3.05) is 26.7 Å². The summed E-state index contributed by atoms with van der Waals surface area (Å²) in [7, 11) is 1.95. The van der Waals surface area contributed by atoms with E-state index in [1.165, 1.54) is 0 Å². The average molecular weight is 329 g/mol. The molecule has 0 aromatic heterocycles. The van der Waals surface area contributed by atoms with Gasteiger partial charge in [0.25, 0.3) is 0 Å². The van der Waals surface area contributed by atoms with Crippen LogP contribution in [0.1, 0.15) is 43.7 Å². The Labute approximate surface area is 144 Å². The van der Waals surface area contributed by atoms with Gasteiger partial charge in [0.15, 0.2) is 0 Å². The minimum absolute atomic E-state index is 0.0661. The van der Waals surface area contributed by atoms with Crippen LogP contribution < -0.4 is 5.32 Å². The summed E-state index contributed by atoms with van der Waals surface area (Å²) in [5, 5.41) is 3.28. The van der Waals surface area contributed by atoms with Crippen LogP contribution in [0.4, 0.5) is 0 Å². The van der Waals surface area contributed by atoms with Gasteiger partial charge in [-0.15, -0.1) is 0 Å². The second-order valence-electron chi connectivity index (χ2n) is 6.77. The first-order chi connectivity index (χ1) is 11.7. The van der Waals surface area contributed by atoms with Crippen molar-refractivity contribution >= 4 is 11.8 Å². The first-order valence-electron chi connectivity index (χ1n) is 9.01. The highest BCUT2D eigenvalue weighted by atomic mass is 16.2. The number of carbonyl (C=O) groups is 2. The van der Waals surface area contributed by atoms with Gasteiger partial charge in [0.05, 0.1) is 0 Å². The number of hydrogen-bond acceptors (Lipinski definition) is 3. The fourth-order valence-corrected chi connectivity index (χ4v) is 3.78. The van der Waals surface area contributed by atoms with Gasteiger partial charge in [-0.2, -0.15) is 0 Å². The lowest BCUT2D eigenvalue weighted by Crippen LogP contribution is -2.52. The zero-order chi connectivity index (χ0) is 16.9. The van der Waals surface area contributed by atoms with Gasteiger partial charge >= 0.3 is 0 Å². The normalized spacial score (nSPS) is 23.2. The van der Waals surface area contributed by atoms with Crippen LogP contribution in [-0.4, -0.2) is 54.3 Å². The molecule has 1 aromatic carbocycles. The number of likely N-dealkylation sites (N-methyl/N-ethyl adjacent to an activating group) is 1. The van der Waals surface area contributed by atoms with Gasteiger partial charge in [0, 0.05) is 32.1 Å². The lowest BCUT2D eigenvalue weighted by Gasteiger charge is -2.39. The lowest BCUT2D eigenvalue weighted by atomic mass is 9.98. The number of nitrogens with zero attached hydrogens (tertiary/aromatic N) is 2. The van der Waals surface area contributed by atoms with Crippen molar-refractivity contribution < 1.29 is 9.59 Å². The minimum Gasteiger partial charge on any atom is -0.339 e. The summed E-state index contributed by atoms with van der Waals surface area (Å²) in [5.74, 6) is 0.169. The van der Waals surface area contributed by atoms with Gasteiger partial charge in [-0.25, -0.2) is 0 Å². The Bertz CT molecular complexity index is 575. The number of piperidine rings is 2. The molecule has 2 amide bonds. The van der Waals surface area contributed by atoms with E-state index >= 15 is 0 Å². The lowest BCUT2D eigenvalue weighted by molar-refractivity contribution is -0.148. The Hall–Kier alpha value is -1.88. The summed E-state index contributed by atoms with van der Waals surface area (Å²) in [6, 6.07) is 9.62. The molecule has 0 saturated carbocycles. The molecule has 0 radical (unpaired) electrons. The molecule has 1 N–H and O–H groups in total. The third-order valence-corrected chi connectivity index (χ3v) is 5.16. The average Bonchev–Trinajstić information content (AvgIpc) is 2.64. The van der Waals surface area contributed by atoms with E-state index in [1.54, 1.807) is 4.90 Å². The standard InChI is InChI=1S/C19H27N3O2/c1-20-16-10-7-12-21(14-16)19(24)18(15-8-3-2-4-9-15)22-13-6-5-11-17(22)23/h2-4,8-9,16,18,20H,5-7,10-14H2,1H3. The summed E-state index contributed by atoms with van der Waals surface area (Å²) < 4.78 is 0. The summed E-state index contributed by atoms with van der Waals surface area (Å²) in [4.78, 5) is 29.5. The molecule has 2 heterocycles. The number of hydrogen-bond donors (Lipinski definition) is 1. The molecule has 2 unspecified atom stereocenters. The molecule has 2 aliphatic rings. The van der Waals surface area contributed by atoms with E-state index in [2.05, 4.69) is 5.32 Å². The van der Waals surface area contributed by atoms with E-state index in [4.69, 9.17) is 0 Å². The van der Waals surface area contributed by atoms with Gasteiger partial charge < -0.3 is 15.1 Å². The van der Waals surface area contributed by atoms with Crippen LogP contribution >= 0.6 is 0 Å². The van der Waals surface area contributed by atoms with Crippen LogP contribution in [0.5, 0.6) is 0 Å². The summed E-state index contributed by atoms with van der Waals surface area (Å²) in [6.45, 7) is 2.18. The molecule has 2 aliphatic heterocycles. The van der Waals surface area contributed by atoms with E-state index in [1.807, 2.05) is 42.3 Å². The number of nitrogens with one attached hydrogen (secondary N) is 1. The molecular weight excluding hydrogens is 302 g/mol. The monoisotopic (exact) mass is 329 g/mol. The van der Waals surface area contributed by atoms with Gasteiger partial charge in [-0.05, 0) is 38.3 Å². The number of rotatable bonds is 4. The molecule has 5 nitrogen and oxygen atoms in total. The number of likely N-dealkylation sites (tertiary alicyclic amines) is 2. The maximum absolute atomic E-state index is 13.3. The van der Waals surface area contributed by atoms with E-state index in [9.17, 15) is 9.59 Å². The Morgan fingerprint density at radius 2 is 1.96 bits per heavy atom. The third kappa shape index (κ3) is 3.61. The van der Waals surface area contributed by atoms with Crippen molar-refractivity contribution in [2.24, 2.45) is 0 Å². The Morgan fingerprint density at radius 3 is 2.67 bits per heavy atom. The first kappa shape index (κ1) is 17.0. The summed E-state index contributed by atoms with van der Waals surface area (Å²) in [5.41, 5.74) is 0.921. The van der Waals surface area contributed by atoms with Crippen LogP contribution in [0.3, 0.4) is 0 Å². The fourth-order valence-electron chi connectivity index (χ4n) is 3.78. The highest BCUT2D eigenvalue weighted by Crippen LogP contribution is 2.28. The maximum Gasteiger partial charge on any atom is 0.250 e. The fraction of sp³-hybridized carbons (Fsp3) is 0.579. The van der Waals surface area contributed by atoms with Crippen molar-refractivity contribution in [3.63, 3.8) is 0 Å². The molecule has 2 fully saturated rings. The topological polar surface area (TPSA) is 52.7 Å². The summed E-state index contributed by atoms with van der Waals surface area (Å²) >= 11 is 0. The molecule has 3 rings (SSSR count). The number of benzene rings is 1. The van der Waals surface area contributed by atoms with Crippen molar-refractivity contribution in [1.29, 1.82) is 0 Å². The molecular formula is C19H27N3O2. The highest BCUT2D eigenvalue weighted by Gasteiger charge is 2.36. The smallest absolute Gasteiger partial charge is 0.250 e. The molecule has 130 valence electrons. The molecule has 0 aliphatic carbocycles. The predicted molar refractivity (Wildman–Crippen MR) is 93.4 cm³/mol. The zero-order valence-electron chi connectivity index (χ0n) is 14.4. The van der Waals surface area contributed by atoms with Gasteiger partial charge in [0.1, 0.15) is 6.04 Å². The molecule has 5 heteroatoms. The zero-order valence-corrected chi connectivity index (χ0v) is 14.4. The third-order valence-electron chi connectivity index (χ3n) is 5.16.